The van der Waals surface area contributed by atoms with Gasteiger partial charge in [-0.05, 0) is 37.1 Å². The smallest absolute Gasteiger partial charge is 0.279 e. The number of H-pyrrole nitrogens is 1. The predicted octanol–water partition coefficient (Wildman–Crippen LogP) is 2.06. The van der Waals surface area contributed by atoms with Gasteiger partial charge in [0.2, 0.25) is 0 Å². The van der Waals surface area contributed by atoms with E-state index in [0.29, 0.717) is 25.0 Å². The topological polar surface area (TPSA) is 68.4 Å². The van der Waals surface area contributed by atoms with E-state index in [4.69, 9.17) is 0 Å². The predicted molar refractivity (Wildman–Crippen MR) is 105 cm³/mol. The van der Waals surface area contributed by atoms with Gasteiger partial charge >= 0.3 is 0 Å². The molecule has 7 heteroatoms. The Labute approximate surface area is 155 Å². The van der Waals surface area contributed by atoms with Crippen LogP contribution in [0.4, 0.5) is 0 Å². The molecule has 1 aromatic heterocycles. The lowest BCUT2D eigenvalue weighted by Crippen LogP contribution is -2.56. The number of benzene rings is 1. The van der Waals surface area contributed by atoms with Crippen molar-refractivity contribution in [3.8, 4) is 0 Å². The van der Waals surface area contributed by atoms with Gasteiger partial charge in [-0.1, -0.05) is 26.0 Å². The average molecular weight is 377 g/mol. The van der Waals surface area contributed by atoms with Crippen molar-refractivity contribution < 1.29 is 8.42 Å². The fraction of sp³-hybridized carbons (Fsp3) is 0.579. The van der Waals surface area contributed by atoms with Crippen LogP contribution in [0.1, 0.15) is 37.3 Å². The quantitative estimate of drug-likeness (QED) is 0.839. The van der Waals surface area contributed by atoms with Crippen molar-refractivity contribution in [2.45, 2.75) is 44.7 Å². The zero-order valence-corrected chi connectivity index (χ0v) is 16.5. The summed E-state index contributed by atoms with van der Waals surface area (Å²) in [4.78, 5) is 5.72. The van der Waals surface area contributed by atoms with Gasteiger partial charge in [-0.15, -0.1) is 0 Å². The Balaban J connectivity index is 1.63. The lowest BCUT2D eigenvalue weighted by Gasteiger charge is -2.45. The molecular weight excluding hydrogens is 348 g/mol. The summed E-state index contributed by atoms with van der Waals surface area (Å²) in [6, 6.07) is 6.80. The Bertz CT molecular complexity index is 903. The molecule has 3 atom stereocenters. The van der Waals surface area contributed by atoms with Crippen LogP contribution in [-0.2, 0) is 16.6 Å². The summed E-state index contributed by atoms with van der Waals surface area (Å²) in [6.45, 7) is 5.48. The third-order valence-corrected chi connectivity index (χ3v) is 7.91. The second-order valence-electron chi connectivity index (χ2n) is 7.54. The number of aromatic nitrogens is 1. The number of fused-ring (bicyclic) bond motifs is 2. The lowest BCUT2D eigenvalue weighted by molar-refractivity contribution is 0.135. The number of hydrogen-bond acceptors (Lipinski definition) is 3. The average Bonchev–Trinajstić information content (AvgIpc) is 3.01. The zero-order chi connectivity index (χ0) is 18.5. The summed E-state index contributed by atoms with van der Waals surface area (Å²) >= 11 is 0. The van der Waals surface area contributed by atoms with Crippen LogP contribution in [0.5, 0.6) is 0 Å². The highest BCUT2D eigenvalue weighted by Gasteiger charge is 2.40. The van der Waals surface area contributed by atoms with Crippen molar-refractivity contribution in [1.29, 1.82) is 0 Å². The number of rotatable bonds is 5. The minimum absolute atomic E-state index is 0.0670. The number of hydrogen-bond donors (Lipinski definition) is 2. The molecule has 1 aliphatic heterocycles. The fourth-order valence-corrected chi connectivity index (χ4v) is 6.30. The molecule has 2 aromatic rings. The molecule has 142 valence electrons. The molecule has 2 aliphatic rings. The van der Waals surface area contributed by atoms with Crippen LogP contribution in [0.3, 0.4) is 0 Å². The van der Waals surface area contributed by atoms with Crippen molar-refractivity contribution in [2.24, 2.45) is 0 Å². The number of piperidine rings is 1. The lowest BCUT2D eigenvalue weighted by atomic mass is 9.74. The van der Waals surface area contributed by atoms with Crippen LogP contribution in [0, 0.1) is 0 Å². The Kier molecular flexibility index (Phi) is 4.59. The normalized spacial score (nSPS) is 26.4. The molecule has 0 amide bonds. The van der Waals surface area contributed by atoms with Gasteiger partial charge in [0.25, 0.3) is 10.2 Å². The molecule has 2 heterocycles. The van der Waals surface area contributed by atoms with E-state index in [1.165, 1.54) is 26.3 Å². The minimum Gasteiger partial charge on any atom is -0.361 e. The summed E-state index contributed by atoms with van der Waals surface area (Å²) in [5.74, 6) is 0.352. The van der Waals surface area contributed by atoms with E-state index in [1.54, 1.807) is 0 Å². The van der Waals surface area contributed by atoms with Crippen LogP contribution in [0.15, 0.2) is 24.4 Å². The molecule has 4 rings (SSSR count). The molecule has 6 nitrogen and oxygen atoms in total. The molecule has 1 aliphatic carbocycles. The molecule has 0 bridgehead atoms. The van der Waals surface area contributed by atoms with E-state index in [0.717, 1.165) is 19.4 Å². The summed E-state index contributed by atoms with van der Waals surface area (Å²) in [6.07, 6.45) is 4.00. The molecular formula is C19H28N4O2S. The third-order valence-electron chi connectivity index (χ3n) is 6.09. The first-order valence-corrected chi connectivity index (χ1v) is 10.9. The van der Waals surface area contributed by atoms with Gasteiger partial charge in [0.1, 0.15) is 0 Å². The van der Waals surface area contributed by atoms with E-state index < -0.39 is 10.2 Å². The monoisotopic (exact) mass is 376 g/mol. The molecule has 2 N–H and O–H groups in total. The molecule has 1 aromatic carbocycles. The van der Waals surface area contributed by atoms with E-state index in [1.807, 2.05) is 13.8 Å². The Morgan fingerprint density at radius 1 is 1.31 bits per heavy atom. The maximum atomic E-state index is 12.7. The van der Waals surface area contributed by atoms with Crippen molar-refractivity contribution in [2.75, 3.05) is 26.7 Å². The second-order valence-corrected chi connectivity index (χ2v) is 9.24. The second kappa shape index (κ2) is 6.64. The first kappa shape index (κ1) is 18.0. The number of likely N-dealkylation sites (N-methyl/N-ethyl adjacent to an activating group) is 1. The fourth-order valence-electron chi connectivity index (χ4n) is 4.88. The Morgan fingerprint density at radius 3 is 2.81 bits per heavy atom. The van der Waals surface area contributed by atoms with Crippen LogP contribution in [0.2, 0.25) is 0 Å². The molecule has 1 fully saturated rings. The largest absolute Gasteiger partial charge is 0.361 e. The standard InChI is InChI=1S/C19H28N4O2S/c1-4-23(5-2)26(24,25)21-14-10-16-15-7-6-8-17-19(15)13(11-20-17)9-18(16)22(3)12-14/h6-8,11,14,16,18,20-21H,4-5,9-10,12H2,1-3H3/t14-,16?,18+/m0/s1. The molecule has 0 saturated carbocycles. The minimum atomic E-state index is -3.43. The maximum Gasteiger partial charge on any atom is 0.279 e. The first-order chi connectivity index (χ1) is 12.4. The maximum absolute atomic E-state index is 12.7. The van der Waals surface area contributed by atoms with Gasteiger partial charge in [0.05, 0.1) is 0 Å². The van der Waals surface area contributed by atoms with Crippen LogP contribution in [-0.4, -0.2) is 61.4 Å². The van der Waals surface area contributed by atoms with E-state index >= 15 is 0 Å². The van der Waals surface area contributed by atoms with Gasteiger partial charge in [0.15, 0.2) is 0 Å². The summed E-state index contributed by atoms with van der Waals surface area (Å²) in [5, 5.41) is 1.34. The highest BCUT2D eigenvalue weighted by Crippen LogP contribution is 2.43. The first-order valence-electron chi connectivity index (χ1n) is 9.51. The number of likely N-dealkylation sites (tertiary alicyclic amines) is 1. The van der Waals surface area contributed by atoms with Crippen molar-refractivity contribution in [3.05, 3.63) is 35.5 Å². The Hall–Kier alpha value is -1.41. The number of nitrogens with zero attached hydrogens (tertiary/aromatic N) is 2. The van der Waals surface area contributed by atoms with Crippen LogP contribution in [0.25, 0.3) is 10.9 Å². The number of nitrogens with one attached hydrogen (secondary N) is 2. The van der Waals surface area contributed by atoms with Gasteiger partial charge in [-0.2, -0.15) is 17.4 Å². The highest BCUT2D eigenvalue weighted by atomic mass is 32.2. The van der Waals surface area contributed by atoms with E-state index in [9.17, 15) is 8.42 Å². The summed E-state index contributed by atoms with van der Waals surface area (Å²) in [7, 11) is -1.32. The van der Waals surface area contributed by atoms with Crippen molar-refractivity contribution >= 4 is 21.1 Å². The van der Waals surface area contributed by atoms with E-state index in [-0.39, 0.29) is 6.04 Å². The number of aromatic amines is 1. The van der Waals surface area contributed by atoms with E-state index in [2.05, 4.69) is 46.0 Å². The zero-order valence-electron chi connectivity index (χ0n) is 15.7. The summed E-state index contributed by atoms with van der Waals surface area (Å²) in [5.41, 5.74) is 3.92. The molecule has 0 radical (unpaired) electrons. The van der Waals surface area contributed by atoms with Gasteiger partial charge in [0, 0.05) is 54.7 Å². The molecule has 1 saturated heterocycles. The van der Waals surface area contributed by atoms with Crippen molar-refractivity contribution in [3.63, 3.8) is 0 Å². The summed E-state index contributed by atoms with van der Waals surface area (Å²) < 4.78 is 29.8. The van der Waals surface area contributed by atoms with Gasteiger partial charge < -0.3 is 9.88 Å². The molecule has 1 unspecified atom stereocenters. The molecule has 26 heavy (non-hydrogen) atoms. The molecule has 0 spiro atoms. The van der Waals surface area contributed by atoms with Crippen LogP contribution >= 0.6 is 0 Å². The Morgan fingerprint density at radius 2 is 2.08 bits per heavy atom. The van der Waals surface area contributed by atoms with Crippen molar-refractivity contribution in [1.82, 2.24) is 18.9 Å². The third kappa shape index (κ3) is 2.87. The van der Waals surface area contributed by atoms with Gasteiger partial charge in [-0.3, -0.25) is 0 Å². The highest BCUT2D eigenvalue weighted by molar-refractivity contribution is 7.87. The van der Waals surface area contributed by atoms with Gasteiger partial charge in [-0.25, -0.2) is 0 Å². The van der Waals surface area contributed by atoms with Crippen LogP contribution < -0.4 is 4.72 Å². The SMILES string of the molecule is CCN(CC)S(=O)(=O)N[C@H]1CC2c3cccc4[nH]cc(c34)C[C@H]2N(C)C1.